The first-order chi connectivity index (χ1) is 11.0. The average molecular weight is 313 g/mol. The van der Waals surface area contributed by atoms with Gasteiger partial charge in [-0.2, -0.15) is 5.10 Å². The third-order valence-electron chi connectivity index (χ3n) is 2.95. The Balaban J connectivity index is 2.16. The number of allylic oxidation sites excluding steroid dienone is 2. The Labute approximate surface area is 131 Å². The maximum atomic E-state index is 12.1. The van der Waals surface area contributed by atoms with Crippen LogP contribution in [-0.2, 0) is 0 Å². The zero-order valence-electron chi connectivity index (χ0n) is 12.3. The van der Waals surface area contributed by atoms with Gasteiger partial charge in [0, 0.05) is 18.0 Å². The van der Waals surface area contributed by atoms with Crippen molar-refractivity contribution in [2.24, 2.45) is 0 Å². The molecule has 0 bridgehead atoms. The van der Waals surface area contributed by atoms with Gasteiger partial charge < -0.3 is 15.6 Å². The van der Waals surface area contributed by atoms with Crippen LogP contribution in [0.2, 0.25) is 0 Å². The second-order valence-corrected chi connectivity index (χ2v) is 4.46. The van der Waals surface area contributed by atoms with Crippen LogP contribution < -0.4 is 16.2 Å². The summed E-state index contributed by atoms with van der Waals surface area (Å²) >= 11 is 0. The van der Waals surface area contributed by atoms with Gasteiger partial charge in [0.15, 0.2) is 0 Å². The zero-order valence-corrected chi connectivity index (χ0v) is 12.3. The van der Waals surface area contributed by atoms with Gasteiger partial charge in [0.05, 0.1) is 17.4 Å². The third-order valence-corrected chi connectivity index (χ3v) is 2.95. The highest BCUT2D eigenvalue weighted by Gasteiger charge is 2.17. The number of carbonyl (C=O) groups excluding carboxylic acids is 2. The number of pyridine rings is 1. The number of nitrogens with zero attached hydrogens (tertiary/aromatic N) is 1. The minimum atomic E-state index is -0.480. The number of hydrogen-bond acceptors (Lipinski definition) is 4. The molecular weight excluding hydrogens is 298 g/mol. The second kappa shape index (κ2) is 7.03. The maximum absolute atomic E-state index is 12.1. The number of hydrogen-bond donors (Lipinski definition) is 4. The molecule has 118 valence electrons. The van der Waals surface area contributed by atoms with Crippen molar-refractivity contribution in [2.75, 3.05) is 5.32 Å². The highest BCUT2D eigenvalue weighted by atomic mass is 16.2. The number of rotatable bonds is 5. The molecule has 0 radical (unpaired) electrons. The fourth-order valence-corrected chi connectivity index (χ4v) is 1.73. The summed E-state index contributed by atoms with van der Waals surface area (Å²) in [5.74, 6) is -0.945. The summed E-state index contributed by atoms with van der Waals surface area (Å²) in [6.07, 6.45) is 5.78. The number of aromatic amines is 2. The van der Waals surface area contributed by atoms with Gasteiger partial charge in [-0.1, -0.05) is 12.7 Å². The summed E-state index contributed by atoms with van der Waals surface area (Å²) in [5, 5.41) is 11.5. The molecule has 0 atom stereocenters. The number of H-pyrrole nitrogens is 2. The maximum Gasteiger partial charge on any atom is 0.275 e. The van der Waals surface area contributed by atoms with E-state index in [2.05, 4.69) is 32.4 Å². The average Bonchev–Trinajstić information content (AvgIpc) is 3.01. The standard InChI is InChI=1S/C15H15N5O3/c1-3-10(4-2)18-15(23)13-11(8-17-20-13)19-14(22)9-5-6-12(21)16-7-9/h3-8H,1H2,2H3,(H,16,21)(H,17,20)(H,18,23)(H,19,22)/b10-4+. The van der Waals surface area contributed by atoms with Gasteiger partial charge in [0.25, 0.3) is 11.8 Å². The molecule has 2 amide bonds. The minimum absolute atomic E-state index is 0.101. The lowest BCUT2D eigenvalue weighted by atomic mass is 10.2. The highest BCUT2D eigenvalue weighted by Crippen LogP contribution is 2.13. The Morgan fingerprint density at radius 3 is 2.70 bits per heavy atom. The summed E-state index contributed by atoms with van der Waals surface area (Å²) in [4.78, 5) is 37.6. The fourth-order valence-electron chi connectivity index (χ4n) is 1.73. The molecule has 0 aromatic carbocycles. The van der Waals surface area contributed by atoms with Gasteiger partial charge in [0.1, 0.15) is 5.69 Å². The number of aromatic nitrogens is 3. The first kappa shape index (κ1) is 16.0. The van der Waals surface area contributed by atoms with E-state index in [-0.39, 0.29) is 22.5 Å². The van der Waals surface area contributed by atoms with Crippen molar-refractivity contribution in [1.29, 1.82) is 0 Å². The van der Waals surface area contributed by atoms with E-state index < -0.39 is 11.8 Å². The van der Waals surface area contributed by atoms with E-state index in [9.17, 15) is 14.4 Å². The Morgan fingerprint density at radius 1 is 1.30 bits per heavy atom. The van der Waals surface area contributed by atoms with Crippen LogP contribution in [0.25, 0.3) is 0 Å². The van der Waals surface area contributed by atoms with E-state index in [0.29, 0.717) is 5.70 Å². The third kappa shape index (κ3) is 3.82. The van der Waals surface area contributed by atoms with Crippen molar-refractivity contribution < 1.29 is 9.59 Å². The van der Waals surface area contributed by atoms with Gasteiger partial charge in [-0.25, -0.2) is 0 Å². The Morgan fingerprint density at radius 2 is 2.09 bits per heavy atom. The molecule has 2 rings (SSSR count). The Hall–Kier alpha value is -3.42. The molecular formula is C15H15N5O3. The van der Waals surface area contributed by atoms with Crippen LogP contribution in [0, 0.1) is 0 Å². The predicted octanol–water partition coefficient (Wildman–Crippen LogP) is 1.17. The van der Waals surface area contributed by atoms with Gasteiger partial charge in [-0.05, 0) is 19.1 Å². The van der Waals surface area contributed by atoms with Crippen molar-refractivity contribution in [3.05, 3.63) is 70.6 Å². The number of anilines is 1. The first-order valence-corrected chi connectivity index (χ1v) is 6.68. The molecule has 0 aliphatic rings. The second-order valence-electron chi connectivity index (χ2n) is 4.46. The van der Waals surface area contributed by atoms with Crippen molar-refractivity contribution in [1.82, 2.24) is 20.5 Å². The minimum Gasteiger partial charge on any atom is -0.328 e. The zero-order chi connectivity index (χ0) is 16.8. The molecule has 2 aromatic rings. The van der Waals surface area contributed by atoms with Crippen LogP contribution in [0.1, 0.15) is 27.8 Å². The highest BCUT2D eigenvalue weighted by molar-refractivity contribution is 6.08. The van der Waals surface area contributed by atoms with Crippen LogP contribution in [0.4, 0.5) is 5.69 Å². The van der Waals surface area contributed by atoms with Crippen LogP contribution in [0.3, 0.4) is 0 Å². The van der Waals surface area contributed by atoms with E-state index in [4.69, 9.17) is 0 Å². The Kier molecular flexibility index (Phi) is 4.88. The van der Waals surface area contributed by atoms with E-state index >= 15 is 0 Å². The van der Waals surface area contributed by atoms with Crippen molar-refractivity contribution in [2.45, 2.75) is 6.92 Å². The van der Waals surface area contributed by atoms with Gasteiger partial charge >= 0.3 is 0 Å². The molecule has 8 nitrogen and oxygen atoms in total. The largest absolute Gasteiger partial charge is 0.328 e. The monoisotopic (exact) mass is 313 g/mol. The summed E-state index contributed by atoms with van der Waals surface area (Å²) in [6, 6.07) is 2.62. The van der Waals surface area contributed by atoms with Crippen molar-refractivity contribution >= 4 is 17.5 Å². The lowest BCUT2D eigenvalue weighted by molar-refractivity contribution is 0.0963. The van der Waals surface area contributed by atoms with E-state index in [0.717, 1.165) is 0 Å². The van der Waals surface area contributed by atoms with Gasteiger partial charge in [-0.15, -0.1) is 0 Å². The molecule has 23 heavy (non-hydrogen) atoms. The molecule has 0 saturated heterocycles. The number of nitrogens with one attached hydrogen (secondary N) is 4. The summed E-state index contributed by atoms with van der Waals surface area (Å²) in [6.45, 7) is 5.33. The van der Waals surface area contributed by atoms with Crippen molar-refractivity contribution in [3.8, 4) is 0 Å². The molecule has 8 heteroatoms. The molecule has 0 aliphatic heterocycles. The molecule has 0 unspecified atom stereocenters. The normalized spacial score (nSPS) is 10.9. The van der Waals surface area contributed by atoms with Gasteiger partial charge in [0.2, 0.25) is 5.56 Å². The fraction of sp³-hybridized carbons (Fsp3) is 0.0667. The summed E-state index contributed by atoms with van der Waals surface area (Å²) in [7, 11) is 0. The SMILES string of the molecule is C=C/C(=C\C)NC(=O)c1[nH]ncc1NC(=O)c1ccc(=O)[nH]c1. The lowest BCUT2D eigenvalue weighted by Gasteiger charge is -2.07. The quantitative estimate of drug-likeness (QED) is 0.619. The van der Waals surface area contributed by atoms with Gasteiger partial charge in [-0.3, -0.25) is 19.5 Å². The van der Waals surface area contributed by atoms with E-state index in [1.54, 1.807) is 13.0 Å². The summed E-state index contributed by atoms with van der Waals surface area (Å²) in [5.41, 5.74) is 0.787. The topological polar surface area (TPSA) is 120 Å². The van der Waals surface area contributed by atoms with Crippen molar-refractivity contribution in [3.63, 3.8) is 0 Å². The molecule has 4 N–H and O–H groups in total. The Bertz CT molecular complexity index is 811. The molecule has 0 aliphatic carbocycles. The molecule has 2 aromatic heterocycles. The van der Waals surface area contributed by atoms with Crippen LogP contribution in [0.5, 0.6) is 0 Å². The molecule has 2 heterocycles. The van der Waals surface area contributed by atoms with Crippen LogP contribution in [-0.4, -0.2) is 27.0 Å². The molecule has 0 spiro atoms. The number of carbonyl (C=O) groups is 2. The van der Waals surface area contributed by atoms with Crippen LogP contribution in [0.15, 0.2) is 53.7 Å². The molecule has 0 saturated carbocycles. The van der Waals surface area contributed by atoms with Crippen LogP contribution >= 0.6 is 0 Å². The van der Waals surface area contributed by atoms with E-state index in [1.165, 1.54) is 30.6 Å². The summed E-state index contributed by atoms with van der Waals surface area (Å²) < 4.78 is 0. The predicted molar refractivity (Wildman–Crippen MR) is 85.0 cm³/mol. The molecule has 0 fully saturated rings. The first-order valence-electron chi connectivity index (χ1n) is 6.68. The van der Waals surface area contributed by atoms with E-state index in [1.807, 2.05) is 0 Å². The smallest absolute Gasteiger partial charge is 0.275 e. The number of amides is 2. The lowest BCUT2D eigenvalue weighted by Crippen LogP contribution is -2.24.